The summed E-state index contributed by atoms with van der Waals surface area (Å²) in [5, 5.41) is 2.03. The maximum absolute atomic E-state index is 13.5. The molecule has 2 aromatic carbocycles. The van der Waals surface area contributed by atoms with E-state index < -0.39 is 0 Å². The van der Waals surface area contributed by atoms with Gasteiger partial charge in [0.1, 0.15) is 0 Å². The molecule has 2 heterocycles. The summed E-state index contributed by atoms with van der Waals surface area (Å²) in [5.41, 5.74) is 2.20. The fourth-order valence-corrected chi connectivity index (χ4v) is 4.95. The largest absolute Gasteiger partial charge is 0.376 e. The van der Waals surface area contributed by atoms with Crippen molar-refractivity contribution in [1.82, 2.24) is 9.80 Å². The van der Waals surface area contributed by atoms with E-state index in [2.05, 4.69) is 0 Å². The van der Waals surface area contributed by atoms with Crippen molar-refractivity contribution in [2.24, 2.45) is 0 Å². The van der Waals surface area contributed by atoms with Gasteiger partial charge in [0.2, 0.25) is 11.8 Å². The van der Waals surface area contributed by atoms with Crippen LogP contribution in [0.3, 0.4) is 0 Å². The lowest BCUT2D eigenvalue weighted by molar-refractivity contribution is -0.142. The molecule has 1 unspecified atom stereocenters. The van der Waals surface area contributed by atoms with Crippen molar-refractivity contribution >= 4 is 23.2 Å². The zero-order valence-corrected chi connectivity index (χ0v) is 20.3. The Labute approximate surface area is 206 Å². The third kappa shape index (κ3) is 7.27. The smallest absolute Gasteiger partial charge is 0.242 e. The van der Waals surface area contributed by atoms with Crippen molar-refractivity contribution in [1.29, 1.82) is 0 Å². The number of carbonyl (C=O) groups is 2. The fourth-order valence-electron chi connectivity index (χ4n) is 4.23. The molecule has 3 aromatic rings. The molecule has 0 aliphatic carbocycles. The van der Waals surface area contributed by atoms with Crippen molar-refractivity contribution < 1.29 is 14.3 Å². The molecule has 1 atom stereocenters. The van der Waals surface area contributed by atoms with Crippen molar-refractivity contribution in [3.05, 3.63) is 94.2 Å². The third-order valence-electron chi connectivity index (χ3n) is 6.09. The minimum Gasteiger partial charge on any atom is -0.376 e. The molecule has 1 aliphatic rings. The molecule has 6 heteroatoms. The Kier molecular flexibility index (Phi) is 8.88. The first-order valence-electron chi connectivity index (χ1n) is 11.9. The van der Waals surface area contributed by atoms with Gasteiger partial charge in [-0.3, -0.25) is 9.59 Å². The number of aryl methyl sites for hydroxylation is 1. The molecule has 1 fully saturated rings. The first-order valence-corrected chi connectivity index (χ1v) is 12.8. The van der Waals surface area contributed by atoms with Crippen molar-refractivity contribution in [3.8, 4) is 0 Å². The number of rotatable bonds is 11. The highest BCUT2D eigenvalue weighted by molar-refractivity contribution is 7.09. The van der Waals surface area contributed by atoms with Gasteiger partial charge in [-0.05, 0) is 41.8 Å². The van der Waals surface area contributed by atoms with Crippen LogP contribution in [0.1, 0.15) is 35.3 Å². The van der Waals surface area contributed by atoms with Crippen LogP contribution in [0.15, 0.2) is 78.2 Å². The molecule has 0 bridgehead atoms. The van der Waals surface area contributed by atoms with Crippen molar-refractivity contribution in [2.75, 3.05) is 19.7 Å². The average Bonchev–Trinajstić information content (AvgIpc) is 3.57. The van der Waals surface area contributed by atoms with Gasteiger partial charge in [-0.1, -0.05) is 66.7 Å². The number of carbonyl (C=O) groups excluding carboxylic acids is 2. The SMILES string of the molecule is O=C(CN(CC1CCCO1)C(=O)CCc1ccccc1)N(Cc1ccccc1)Cc1cccs1. The van der Waals surface area contributed by atoms with Crippen LogP contribution in [-0.4, -0.2) is 47.4 Å². The van der Waals surface area contributed by atoms with E-state index >= 15 is 0 Å². The van der Waals surface area contributed by atoms with Crippen LogP contribution >= 0.6 is 11.3 Å². The monoisotopic (exact) mass is 476 g/mol. The first kappa shape index (κ1) is 24.2. The molecule has 1 aliphatic heterocycles. The normalized spacial score (nSPS) is 15.2. The zero-order chi connectivity index (χ0) is 23.6. The molecule has 5 nitrogen and oxygen atoms in total. The van der Waals surface area contributed by atoms with Gasteiger partial charge in [0.25, 0.3) is 0 Å². The Morgan fingerprint density at radius 3 is 2.24 bits per heavy atom. The van der Waals surface area contributed by atoms with Gasteiger partial charge >= 0.3 is 0 Å². The molecule has 34 heavy (non-hydrogen) atoms. The summed E-state index contributed by atoms with van der Waals surface area (Å²) in [6.45, 7) is 2.33. The van der Waals surface area contributed by atoms with Crippen LogP contribution in [0.2, 0.25) is 0 Å². The topological polar surface area (TPSA) is 49.9 Å². The standard InChI is InChI=1S/C28H32N2O3S/c31-27(16-15-23-9-3-1-4-10-23)30(20-25-13-7-17-33-25)22-28(32)29(21-26-14-8-18-34-26)19-24-11-5-2-6-12-24/h1-6,8-12,14,18,25H,7,13,15-17,19-22H2. The Morgan fingerprint density at radius 2 is 1.59 bits per heavy atom. The van der Waals surface area contributed by atoms with Crippen LogP contribution in [0.5, 0.6) is 0 Å². The highest BCUT2D eigenvalue weighted by Gasteiger charge is 2.26. The predicted octanol–water partition coefficient (Wildman–Crippen LogP) is 4.92. The van der Waals surface area contributed by atoms with Crippen LogP contribution in [0.4, 0.5) is 0 Å². The Balaban J connectivity index is 1.45. The zero-order valence-electron chi connectivity index (χ0n) is 19.5. The molecule has 4 rings (SSSR count). The molecule has 0 spiro atoms. The van der Waals surface area contributed by atoms with Crippen LogP contribution < -0.4 is 0 Å². The summed E-state index contributed by atoms with van der Waals surface area (Å²) >= 11 is 1.64. The van der Waals surface area contributed by atoms with E-state index in [1.54, 1.807) is 16.2 Å². The van der Waals surface area contributed by atoms with Gasteiger partial charge in [0.15, 0.2) is 0 Å². The highest BCUT2D eigenvalue weighted by Crippen LogP contribution is 2.18. The number of hydrogen-bond acceptors (Lipinski definition) is 4. The first-order chi connectivity index (χ1) is 16.7. The number of ether oxygens (including phenoxy) is 1. The van der Waals surface area contributed by atoms with Gasteiger partial charge in [-0.15, -0.1) is 11.3 Å². The summed E-state index contributed by atoms with van der Waals surface area (Å²) in [6, 6.07) is 24.1. The molecule has 0 N–H and O–H groups in total. The van der Waals surface area contributed by atoms with Gasteiger partial charge < -0.3 is 14.5 Å². The molecule has 1 aromatic heterocycles. The van der Waals surface area contributed by atoms with E-state index in [0.717, 1.165) is 35.5 Å². The van der Waals surface area contributed by atoms with E-state index in [1.807, 2.05) is 83.1 Å². The third-order valence-corrected chi connectivity index (χ3v) is 6.95. The van der Waals surface area contributed by atoms with E-state index in [0.29, 0.717) is 32.5 Å². The summed E-state index contributed by atoms with van der Waals surface area (Å²) in [7, 11) is 0. The van der Waals surface area contributed by atoms with Crippen LogP contribution in [-0.2, 0) is 33.8 Å². The number of amides is 2. The van der Waals surface area contributed by atoms with E-state index in [9.17, 15) is 9.59 Å². The summed E-state index contributed by atoms with van der Waals surface area (Å²) < 4.78 is 5.80. The predicted molar refractivity (Wildman–Crippen MR) is 135 cm³/mol. The Morgan fingerprint density at radius 1 is 0.853 bits per heavy atom. The summed E-state index contributed by atoms with van der Waals surface area (Å²) in [6.07, 6.45) is 2.99. The minimum atomic E-state index is -0.0386. The second-order valence-electron chi connectivity index (χ2n) is 8.71. The molecular weight excluding hydrogens is 444 g/mol. The van der Waals surface area contributed by atoms with Crippen LogP contribution in [0.25, 0.3) is 0 Å². The molecule has 1 saturated heterocycles. The lowest BCUT2D eigenvalue weighted by Crippen LogP contribution is -2.45. The molecular formula is C28H32N2O3S. The summed E-state index contributed by atoms with van der Waals surface area (Å²) in [4.78, 5) is 31.5. The molecule has 178 valence electrons. The number of thiophene rings is 1. The minimum absolute atomic E-state index is 0.00323. The number of nitrogens with zero attached hydrogens (tertiary/aromatic N) is 2. The van der Waals surface area contributed by atoms with Crippen LogP contribution in [0, 0.1) is 0 Å². The number of hydrogen-bond donors (Lipinski definition) is 0. The molecule has 2 amide bonds. The maximum Gasteiger partial charge on any atom is 0.242 e. The second kappa shape index (κ2) is 12.5. The van der Waals surface area contributed by atoms with Gasteiger partial charge in [0.05, 0.1) is 19.2 Å². The van der Waals surface area contributed by atoms with Gasteiger partial charge in [-0.2, -0.15) is 0 Å². The van der Waals surface area contributed by atoms with Gasteiger partial charge in [-0.25, -0.2) is 0 Å². The lowest BCUT2D eigenvalue weighted by atomic mass is 10.1. The average molecular weight is 477 g/mol. The van der Waals surface area contributed by atoms with Crippen molar-refractivity contribution in [2.45, 2.75) is 44.9 Å². The second-order valence-corrected chi connectivity index (χ2v) is 9.74. The maximum atomic E-state index is 13.5. The van der Waals surface area contributed by atoms with E-state index in [4.69, 9.17) is 4.74 Å². The lowest BCUT2D eigenvalue weighted by Gasteiger charge is -2.29. The van der Waals surface area contributed by atoms with Gasteiger partial charge in [0, 0.05) is 31.0 Å². The Hall–Kier alpha value is -2.96. The summed E-state index contributed by atoms with van der Waals surface area (Å²) in [5.74, 6) is -0.0354. The fraction of sp³-hybridized carbons (Fsp3) is 0.357. The quantitative estimate of drug-likeness (QED) is 0.395. The number of benzene rings is 2. The molecule has 0 radical (unpaired) electrons. The van der Waals surface area contributed by atoms with E-state index in [-0.39, 0.29) is 24.5 Å². The van der Waals surface area contributed by atoms with Crippen molar-refractivity contribution in [3.63, 3.8) is 0 Å². The Bertz CT molecular complexity index is 1020. The van der Waals surface area contributed by atoms with E-state index in [1.165, 1.54) is 0 Å². The highest BCUT2D eigenvalue weighted by atomic mass is 32.1. The molecule has 0 saturated carbocycles.